The monoisotopic (exact) mass is 280 g/mol. The van der Waals surface area contributed by atoms with Gasteiger partial charge in [0.15, 0.2) is 27.1 Å². The summed E-state index contributed by atoms with van der Waals surface area (Å²) in [6.07, 6.45) is 1.84. The van der Waals surface area contributed by atoms with E-state index < -0.39 is 22.6 Å². The molecule has 0 saturated heterocycles. The van der Waals surface area contributed by atoms with Gasteiger partial charge < -0.3 is 13.3 Å². The zero-order valence-corrected chi connectivity index (χ0v) is 16.1. The summed E-state index contributed by atoms with van der Waals surface area (Å²) in [5.41, 5.74) is 0. The van der Waals surface area contributed by atoms with Gasteiger partial charge in [-0.15, -0.1) is 0 Å². The number of hydrogen-bond acceptors (Lipinski definition) is 3. The summed E-state index contributed by atoms with van der Waals surface area (Å²) in [5.74, 6) is -0.754. The first-order chi connectivity index (χ1) is 7.04. The Morgan fingerprint density at radius 1 is 0.938 bits per heavy atom. The molecule has 0 aliphatic carbocycles. The highest BCUT2D eigenvalue weighted by Gasteiger charge is 2.39. The molecular weight excluding hydrogens is 252 g/mol. The Labute approximate surface area is 106 Å². The van der Waals surface area contributed by atoms with Crippen LogP contribution in [0.1, 0.15) is 19.8 Å². The van der Waals surface area contributed by atoms with Crippen molar-refractivity contribution in [3.63, 3.8) is 0 Å². The highest BCUT2D eigenvalue weighted by Crippen LogP contribution is 2.29. The van der Waals surface area contributed by atoms with E-state index in [0.717, 1.165) is 12.8 Å². The van der Waals surface area contributed by atoms with Crippen molar-refractivity contribution < 1.29 is 13.3 Å². The Bertz CT molecular complexity index is 192. The predicted octanol–water partition coefficient (Wildman–Crippen LogP) is 2.44. The standard InChI is InChI=1S/C10H28O3Si3/c1-8-9-10(11-14,12-15(2,3)4)13-16(5,6)7/h8-9H2,1-7,14H3. The quantitative estimate of drug-likeness (QED) is 0.529. The van der Waals surface area contributed by atoms with Crippen LogP contribution in [0.2, 0.25) is 39.3 Å². The van der Waals surface area contributed by atoms with Crippen LogP contribution in [0.25, 0.3) is 0 Å². The molecule has 0 unspecified atom stereocenters. The Kier molecular flexibility index (Phi) is 6.12. The fourth-order valence-corrected chi connectivity index (χ4v) is 4.66. The van der Waals surface area contributed by atoms with Gasteiger partial charge in [0.2, 0.25) is 0 Å². The van der Waals surface area contributed by atoms with Crippen LogP contribution in [-0.4, -0.2) is 33.1 Å². The largest absolute Gasteiger partial charge is 0.382 e. The first-order valence-electron chi connectivity index (χ1n) is 5.99. The van der Waals surface area contributed by atoms with Crippen LogP contribution in [0.3, 0.4) is 0 Å². The molecule has 0 fully saturated rings. The molecule has 0 aliphatic heterocycles. The molecule has 0 saturated carbocycles. The van der Waals surface area contributed by atoms with Gasteiger partial charge in [-0.1, -0.05) is 6.92 Å². The van der Waals surface area contributed by atoms with Crippen molar-refractivity contribution in [2.75, 3.05) is 0 Å². The fraction of sp³-hybridized carbons (Fsp3) is 1.00. The van der Waals surface area contributed by atoms with E-state index in [1.807, 2.05) is 0 Å². The van der Waals surface area contributed by atoms with Crippen LogP contribution in [0, 0.1) is 0 Å². The topological polar surface area (TPSA) is 27.7 Å². The van der Waals surface area contributed by atoms with Crippen LogP contribution in [0.15, 0.2) is 0 Å². The average molecular weight is 281 g/mol. The summed E-state index contributed by atoms with van der Waals surface area (Å²) in [6, 6.07) is 0. The smallest absolute Gasteiger partial charge is 0.253 e. The molecular formula is C10H28O3Si3. The van der Waals surface area contributed by atoms with Crippen LogP contribution < -0.4 is 0 Å². The van der Waals surface area contributed by atoms with E-state index >= 15 is 0 Å². The normalized spacial score (nSPS) is 14.4. The van der Waals surface area contributed by atoms with Gasteiger partial charge >= 0.3 is 0 Å². The van der Waals surface area contributed by atoms with Gasteiger partial charge in [-0.2, -0.15) is 0 Å². The minimum atomic E-state index is -1.66. The third-order valence-electron chi connectivity index (χ3n) is 1.79. The summed E-state index contributed by atoms with van der Waals surface area (Å²) in [5, 5.41) is 0. The molecule has 0 aromatic carbocycles. The summed E-state index contributed by atoms with van der Waals surface area (Å²) in [6.45, 7) is 15.2. The van der Waals surface area contributed by atoms with Crippen molar-refractivity contribution in [2.24, 2.45) is 0 Å². The first kappa shape index (κ1) is 16.5. The molecule has 0 radical (unpaired) electrons. The first-order valence-corrected chi connectivity index (χ1v) is 13.6. The lowest BCUT2D eigenvalue weighted by Crippen LogP contribution is -2.51. The van der Waals surface area contributed by atoms with E-state index in [0.29, 0.717) is 10.5 Å². The van der Waals surface area contributed by atoms with Crippen molar-refractivity contribution in [2.45, 2.75) is 65.0 Å². The van der Waals surface area contributed by atoms with E-state index in [2.05, 4.69) is 46.2 Å². The maximum absolute atomic E-state index is 6.15. The molecule has 0 amide bonds. The van der Waals surface area contributed by atoms with Crippen molar-refractivity contribution in [3.05, 3.63) is 0 Å². The maximum atomic E-state index is 6.15. The van der Waals surface area contributed by atoms with Crippen LogP contribution in [0.5, 0.6) is 0 Å². The molecule has 0 heterocycles. The van der Waals surface area contributed by atoms with E-state index in [1.54, 1.807) is 0 Å². The Morgan fingerprint density at radius 3 is 1.50 bits per heavy atom. The molecule has 0 spiro atoms. The van der Waals surface area contributed by atoms with Crippen molar-refractivity contribution >= 4 is 27.1 Å². The van der Waals surface area contributed by atoms with Crippen molar-refractivity contribution in [1.82, 2.24) is 0 Å². The summed E-state index contributed by atoms with van der Waals surface area (Å²) >= 11 is 0. The van der Waals surface area contributed by atoms with Gasteiger partial charge in [-0.25, -0.2) is 0 Å². The van der Waals surface area contributed by atoms with E-state index in [1.165, 1.54) is 0 Å². The van der Waals surface area contributed by atoms with Gasteiger partial charge in [0.05, 0.1) is 0 Å². The van der Waals surface area contributed by atoms with Gasteiger partial charge in [0.25, 0.3) is 5.97 Å². The second-order valence-corrected chi connectivity index (χ2v) is 15.3. The highest BCUT2D eigenvalue weighted by atomic mass is 28.4. The van der Waals surface area contributed by atoms with Gasteiger partial charge in [-0.3, -0.25) is 0 Å². The molecule has 0 rings (SSSR count). The minimum absolute atomic E-state index is 0.641. The van der Waals surface area contributed by atoms with Gasteiger partial charge in [0, 0.05) is 6.42 Å². The summed E-state index contributed by atoms with van der Waals surface area (Å²) in [4.78, 5) is 0. The molecule has 0 aromatic heterocycles. The average Bonchev–Trinajstić information content (AvgIpc) is 1.98. The van der Waals surface area contributed by atoms with Gasteiger partial charge in [-0.05, 0) is 45.7 Å². The van der Waals surface area contributed by atoms with Crippen molar-refractivity contribution in [3.8, 4) is 0 Å². The summed E-state index contributed by atoms with van der Waals surface area (Å²) in [7, 11) is -2.67. The lowest BCUT2D eigenvalue weighted by Gasteiger charge is -2.41. The molecule has 0 aliphatic rings. The molecule has 0 atom stereocenters. The third kappa shape index (κ3) is 6.97. The van der Waals surface area contributed by atoms with Crippen LogP contribution in [0.4, 0.5) is 0 Å². The number of hydrogen-bond donors (Lipinski definition) is 0. The lowest BCUT2D eigenvalue weighted by molar-refractivity contribution is -0.267. The molecule has 16 heavy (non-hydrogen) atoms. The lowest BCUT2D eigenvalue weighted by atomic mass is 10.3. The van der Waals surface area contributed by atoms with E-state index in [9.17, 15) is 0 Å². The van der Waals surface area contributed by atoms with E-state index in [4.69, 9.17) is 13.3 Å². The maximum Gasteiger partial charge on any atom is 0.253 e. The second-order valence-electron chi connectivity index (χ2n) is 6.07. The molecule has 3 nitrogen and oxygen atoms in total. The SMILES string of the molecule is CCCC(O[SiH3])(O[Si](C)(C)C)O[Si](C)(C)C. The minimum Gasteiger partial charge on any atom is -0.382 e. The zero-order chi connectivity index (χ0) is 13.0. The fourth-order valence-electron chi connectivity index (χ4n) is 1.55. The second kappa shape index (κ2) is 5.92. The Morgan fingerprint density at radius 2 is 1.31 bits per heavy atom. The molecule has 6 heteroatoms. The third-order valence-corrected chi connectivity index (χ3v) is 4.26. The Hall–Kier alpha value is 0.531. The number of rotatable bonds is 7. The predicted molar refractivity (Wildman–Crippen MR) is 77.5 cm³/mol. The summed E-state index contributed by atoms with van der Waals surface area (Å²) < 4.78 is 18.0. The Balaban J connectivity index is 4.85. The molecule has 0 aromatic rings. The van der Waals surface area contributed by atoms with Crippen molar-refractivity contribution in [1.29, 1.82) is 0 Å². The highest BCUT2D eigenvalue weighted by molar-refractivity contribution is 6.71. The van der Waals surface area contributed by atoms with Crippen LogP contribution in [-0.2, 0) is 13.3 Å². The zero-order valence-electron chi connectivity index (χ0n) is 12.1. The molecule has 98 valence electrons. The molecule has 0 bridgehead atoms. The van der Waals surface area contributed by atoms with E-state index in [-0.39, 0.29) is 0 Å². The van der Waals surface area contributed by atoms with Gasteiger partial charge in [0.1, 0.15) is 0 Å². The van der Waals surface area contributed by atoms with Crippen LogP contribution >= 0.6 is 0 Å². The molecule has 0 N–H and O–H groups in total.